The largest absolute Gasteiger partial charge is 0.417 e. The third-order valence-electron chi connectivity index (χ3n) is 6.20. The number of carbonyl (C=O) groups excluding carboxylic acids is 2. The van der Waals surface area contributed by atoms with E-state index in [1.165, 1.54) is 17.0 Å². The zero-order valence-electron chi connectivity index (χ0n) is 21.5. The molecule has 0 spiro atoms. The van der Waals surface area contributed by atoms with Gasteiger partial charge in [-0.05, 0) is 66.8 Å². The molecule has 0 N–H and O–H groups in total. The first-order valence-electron chi connectivity index (χ1n) is 11.8. The summed E-state index contributed by atoms with van der Waals surface area (Å²) in [4.78, 5) is 28.8. The van der Waals surface area contributed by atoms with Crippen molar-refractivity contribution in [2.75, 3.05) is 44.1 Å². The van der Waals surface area contributed by atoms with E-state index in [1.54, 1.807) is 55.1 Å². The molecular weight excluding hydrogens is 605 g/mol. The molecule has 12 heteroatoms. The van der Waals surface area contributed by atoms with Gasteiger partial charge in [0.05, 0.1) is 22.0 Å². The maximum atomic E-state index is 13.5. The Kier molecular flexibility index (Phi) is 9.81. The summed E-state index contributed by atoms with van der Waals surface area (Å²) >= 11 is 11.1. The number of nitrogens with zero attached hydrogens (tertiary/aromatic N) is 4. The lowest BCUT2D eigenvalue weighted by Gasteiger charge is -2.28. The molecule has 3 rings (SSSR count). The number of rotatable bonds is 8. The zero-order valence-corrected chi connectivity index (χ0v) is 24.6. The Morgan fingerprint density at radius 3 is 2.39 bits per heavy atom. The maximum Gasteiger partial charge on any atom is 0.417 e. The molecule has 1 heterocycles. The highest BCUT2D eigenvalue weighted by molar-refractivity contribution is 9.10. The van der Waals surface area contributed by atoms with Gasteiger partial charge in [0.1, 0.15) is 6.54 Å². The van der Waals surface area contributed by atoms with Crippen LogP contribution >= 0.6 is 39.3 Å². The molecule has 38 heavy (non-hydrogen) atoms. The van der Waals surface area contributed by atoms with Gasteiger partial charge < -0.3 is 4.90 Å². The second-order valence-electron chi connectivity index (χ2n) is 9.50. The molecule has 1 atom stereocenters. The number of hydrazone groups is 1. The molecule has 0 radical (unpaired) electrons. The molecule has 0 bridgehead atoms. The van der Waals surface area contributed by atoms with Crippen LogP contribution in [-0.4, -0.2) is 66.8 Å². The van der Waals surface area contributed by atoms with Gasteiger partial charge in [0.15, 0.2) is 0 Å². The Hall–Kier alpha value is -2.24. The van der Waals surface area contributed by atoms with Gasteiger partial charge in [0.2, 0.25) is 0 Å². The Morgan fingerprint density at radius 2 is 1.84 bits per heavy atom. The van der Waals surface area contributed by atoms with E-state index in [9.17, 15) is 22.8 Å². The van der Waals surface area contributed by atoms with Crippen LogP contribution in [-0.2, 0) is 11.0 Å². The molecule has 0 saturated heterocycles. The molecule has 0 aromatic heterocycles. The van der Waals surface area contributed by atoms with E-state index >= 15 is 0 Å². The quantitative estimate of drug-likeness (QED) is 0.294. The third-order valence-corrected chi connectivity index (χ3v) is 7.73. The third kappa shape index (κ3) is 7.04. The molecular formula is C26H29BrClF3N4O2S. The van der Waals surface area contributed by atoms with Gasteiger partial charge in [0.25, 0.3) is 5.91 Å². The first-order valence-corrected chi connectivity index (χ1v) is 14.3. The number of thioether (sulfide) groups is 1. The van der Waals surface area contributed by atoms with E-state index in [-0.39, 0.29) is 6.54 Å². The SMILES string of the molecule is CSCCCC1(C)CN(CC(=O)N(C(=O)N(C)C)c2ccc(Br)cc2)N=C1c1ccc(C(F)(F)F)c(Cl)c1. The average molecular weight is 634 g/mol. The van der Waals surface area contributed by atoms with Crippen molar-refractivity contribution >= 4 is 62.6 Å². The minimum Gasteiger partial charge on any atom is -0.330 e. The number of urea groups is 1. The highest BCUT2D eigenvalue weighted by atomic mass is 79.9. The number of hydrogen-bond acceptors (Lipinski definition) is 5. The minimum absolute atomic E-state index is 0.189. The lowest BCUT2D eigenvalue weighted by atomic mass is 9.78. The van der Waals surface area contributed by atoms with Crippen LogP contribution < -0.4 is 4.90 Å². The molecule has 0 saturated carbocycles. The number of halogens is 5. The Balaban J connectivity index is 1.95. The molecule has 3 amide bonds. The van der Waals surface area contributed by atoms with E-state index in [0.29, 0.717) is 29.9 Å². The first kappa shape index (κ1) is 30.3. The van der Waals surface area contributed by atoms with Crippen molar-refractivity contribution in [2.45, 2.75) is 25.9 Å². The van der Waals surface area contributed by atoms with E-state index in [1.807, 2.05) is 13.2 Å². The molecule has 2 aromatic rings. The summed E-state index contributed by atoms with van der Waals surface area (Å²) < 4.78 is 40.6. The second-order valence-corrected chi connectivity index (χ2v) is 11.8. The molecule has 1 aliphatic rings. The summed E-state index contributed by atoms with van der Waals surface area (Å²) in [6.45, 7) is 2.16. The van der Waals surface area contributed by atoms with Crippen LogP contribution in [0.4, 0.5) is 23.7 Å². The van der Waals surface area contributed by atoms with Crippen LogP contribution in [0, 0.1) is 5.41 Å². The first-order chi connectivity index (χ1) is 17.8. The number of carbonyl (C=O) groups is 2. The van der Waals surface area contributed by atoms with Crippen molar-refractivity contribution in [3.8, 4) is 0 Å². The Morgan fingerprint density at radius 1 is 1.18 bits per heavy atom. The lowest BCUT2D eigenvalue weighted by Crippen LogP contribution is -2.47. The molecule has 6 nitrogen and oxygen atoms in total. The van der Waals surface area contributed by atoms with Gasteiger partial charge in [-0.15, -0.1) is 0 Å². The van der Waals surface area contributed by atoms with Crippen molar-refractivity contribution in [1.82, 2.24) is 9.91 Å². The van der Waals surface area contributed by atoms with Crippen LogP contribution in [0.1, 0.15) is 30.9 Å². The van der Waals surface area contributed by atoms with Gasteiger partial charge >= 0.3 is 12.2 Å². The van der Waals surface area contributed by atoms with Gasteiger partial charge in [-0.2, -0.15) is 30.0 Å². The highest BCUT2D eigenvalue weighted by Crippen LogP contribution is 2.39. The van der Waals surface area contributed by atoms with E-state index in [4.69, 9.17) is 11.6 Å². The van der Waals surface area contributed by atoms with Crippen LogP contribution in [0.3, 0.4) is 0 Å². The molecule has 1 unspecified atom stereocenters. The molecule has 0 aliphatic carbocycles. The number of imide groups is 1. The lowest BCUT2D eigenvalue weighted by molar-refractivity contribution is -0.137. The van der Waals surface area contributed by atoms with Crippen LogP contribution in [0.25, 0.3) is 0 Å². The summed E-state index contributed by atoms with van der Waals surface area (Å²) in [5.41, 5.74) is 0.00464. The van der Waals surface area contributed by atoms with Crippen LogP contribution in [0.15, 0.2) is 52.0 Å². The highest BCUT2D eigenvalue weighted by Gasteiger charge is 2.41. The number of hydrogen-bond donors (Lipinski definition) is 0. The minimum atomic E-state index is -4.57. The fourth-order valence-corrected chi connectivity index (χ4v) is 5.33. The zero-order chi connectivity index (χ0) is 28.3. The second kappa shape index (κ2) is 12.3. The van der Waals surface area contributed by atoms with Crippen molar-refractivity contribution in [3.63, 3.8) is 0 Å². The monoisotopic (exact) mass is 632 g/mol. The van der Waals surface area contributed by atoms with Crippen molar-refractivity contribution < 1.29 is 22.8 Å². The van der Waals surface area contributed by atoms with Gasteiger partial charge in [0, 0.05) is 30.5 Å². The van der Waals surface area contributed by atoms with Crippen LogP contribution in [0.2, 0.25) is 5.02 Å². The van der Waals surface area contributed by atoms with Crippen LogP contribution in [0.5, 0.6) is 0 Å². The molecule has 2 aromatic carbocycles. The van der Waals surface area contributed by atoms with Crippen molar-refractivity contribution in [2.24, 2.45) is 10.5 Å². The summed E-state index contributed by atoms with van der Waals surface area (Å²) in [7, 11) is 3.12. The number of amides is 3. The predicted octanol–water partition coefficient (Wildman–Crippen LogP) is 7.01. The van der Waals surface area contributed by atoms with E-state index in [2.05, 4.69) is 21.0 Å². The van der Waals surface area contributed by atoms with Gasteiger partial charge in [-0.3, -0.25) is 9.80 Å². The standard InChI is InChI=1S/C26H29BrClF3N4O2S/c1-25(12-5-13-38-4)16-34(32-23(25)17-6-11-20(21(28)14-17)26(29,30)31)15-22(36)35(24(37)33(2)3)19-9-7-18(27)8-10-19/h6-11,14H,5,12-13,15-16H2,1-4H3. The maximum absolute atomic E-state index is 13.5. The van der Waals surface area contributed by atoms with Gasteiger partial charge in [-0.1, -0.05) is 40.5 Å². The van der Waals surface area contributed by atoms with Gasteiger partial charge in [-0.25, -0.2) is 9.69 Å². The predicted molar refractivity (Wildman–Crippen MR) is 151 cm³/mol. The fraction of sp³-hybridized carbons (Fsp3) is 0.423. The normalized spacial score (nSPS) is 17.4. The fourth-order valence-electron chi connectivity index (χ4n) is 4.35. The van der Waals surface area contributed by atoms with E-state index in [0.717, 1.165) is 27.6 Å². The number of benzene rings is 2. The average Bonchev–Trinajstić information content (AvgIpc) is 3.15. The number of anilines is 1. The topological polar surface area (TPSA) is 56.2 Å². The van der Waals surface area contributed by atoms with Crippen molar-refractivity contribution in [1.29, 1.82) is 0 Å². The summed E-state index contributed by atoms with van der Waals surface area (Å²) in [6.07, 6.45) is -0.992. The number of alkyl halides is 3. The summed E-state index contributed by atoms with van der Waals surface area (Å²) in [5, 5.41) is 5.86. The van der Waals surface area contributed by atoms with Crippen molar-refractivity contribution in [3.05, 3.63) is 63.1 Å². The summed E-state index contributed by atoms with van der Waals surface area (Å²) in [5.74, 6) is 0.428. The molecule has 206 valence electrons. The Labute approximate surface area is 238 Å². The Bertz CT molecular complexity index is 1210. The van der Waals surface area contributed by atoms with E-state index < -0.39 is 34.1 Å². The molecule has 0 fully saturated rings. The summed E-state index contributed by atoms with van der Waals surface area (Å²) in [6, 6.07) is 9.92. The smallest absolute Gasteiger partial charge is 0.330 e. The molecule has 1 aliphatic heterocycles.